The Balaban J connectivity index is 4.25. The van der Waals surface area contributed by atoms with Gasteiger partial charge in [-0.25, -0.2) is 9.59 Å². The van der Waals surface area contributed by atoms with Gasteiger partial charge in [0.15, 0.2) is 0 Å². The molecule has 0 heterocycles. The van der Waals surface area contributed by atoms with Crippen LogP contribution in [0.2, 0.25) is 0 Å². The first kappa shape index (κ1) is 17.7. The van der Waals surface area contributed by atoms with Crippen LogP contribution in [0.25, 0.3) is 0 Å². The van der Waals surface area contributed by atoms with E-state index in [1.165, 1.54) is 0 Å². The average Bonchev–Trinajstić information content (AvgIpc) is 2.22. The SMILES string of the molecule is CC(C)CC(NC(=O)NCC(C)C(C)(C)C)C(=O)O. The largest absolute Gasteiger partial charge is 0.480 e. The summed E-state index contributed by atoms with van der Waals surface area (Å²) in [7, 11) is 0. The van der Waals surface area contributed by atoms with Crippen LogP contribution in [0.15, 0.2) is 0 Å². The number of urea groups is 1. The number of rotatable bonds is 6. The van der Waals surface area contributed by atoms with Gasteiger partial charge in [0.05, 0.1) is 0 Å². The first-order valence-corrected chi connectivity index (χ1v) is 6.81. The Morgan fingerprint density at radius 2 is 1.68 bits per heavy atom. The van der Waals surface area contributed by atoms with Gasteiger partial charge in [-0.2, -0.15) is 0 Å². The molecule has 2 amide bonds. The molecule has 0 rings (SSSR count). The molecular weight excluding hydrogens is 244 g/mol. The lowest BCUT2D eigenvalue weighted by Gasteiger charge is -2.27. The van der Waals surface area contributed by atoms with Crippen molar-refractivity contribution in [2.45, 2.75) is 54.0 Å². The molecule has 19 heavy (non-hydrogen) atoms. The fourth-order valence-electron chi connectivity index (χ4n) is 1.45. The molecular formula is C14H28N2O3. The second-order valence-corrected chi connectivity index (χ2v) is 6.64. The summed E-state index contributed by atoms with van der Waals surface area (Å²) in [5, 5.41) is 14.3. The van der Waals surface area contributed by atoms with Gasteiger partial charge in [-0.15, -0.1) is 0 Å². The van der Waals surface area contributed by atoms with Gasteiger partial charge < -0.3 is 15.7 Å². The molecule has 0 aromatic heterocycles. The number of nitrogens with one attached hydrogen (secondary N) is 2. The number of amides is 2. The summed E-state index contributed by atoms with van der Waals surface area (Å²) < 4.78 is 0. The molecule has 0 saturated heterocycles. The van der Waals surface area contributed by atoms with Gasteiger partial charge in [0, 0.05) is 6.54 Å². The quantitative estimate of drug-likeness (QED) is 0.695. The second kappa shape index (κ2) is 7.36. The smallest absolute Gasteiger partial charge is 0.326 e. The van der Waals surface area contributed by atoms with Gasteiger partial charge in [0.2, 0.25) is 0 Å². The van der Waals surface area contributed by atoms with Crippen molar-refractivity contribution in [3.63, 3.8) is 0 Å². The predicted octanol–water partition coefficient (Wildman–Crippen LogP) is 2.47. The Labute approximate surface area is 116 Å². The summed E-state index contributed by atoms with van der Waals surface area (Å²) in [6.07, 6.45) is 0.428. The lowest BCUT2D eigenvalue weighted by molar-refractivity contribution is -0.139. The number of carboxylic acid groups (broad SMARTS) is 1. The number of hydrogen-bond donors (Lipinski definition) is 3. The Kier molecular flexibility index (Phi) is 6.87. The summed E-state index contributed by atoms with van der Waals surface area (Å²) in [5.74, 6) is -0.464. The number of carbonyl (C=O) groups excluding carboxylic acids is 1. The van der Waals surface area contributed by atoms with Crippen LogP contribution in [0.5, 0.6) is 0 Å². The van der Waals surface area contributed by atoms with Crippen LogP contribution in [0.4, 0.5) is 4.79 Å². The first-order valence-electron chi connectivity index (χ1n) is 6.81. The van der Waals surface area contributed by atoms with Crippen LogP contribution in [0, 0.1) is 17.3 Å². The van der Waals surface area contributed by atoms with Crippen molar-refractivity contribution in [1.29, 1.82) is 0 Å². The zero-order chi connectivity index (χ0) is 15.2. The maximum atomic E-state index is 11.7. The molecule has 112 valence electrons. The van der Waals surface area contributed by atoms with Crippen LogP contribution in [-0.4, -0.2) is 29.7 Å². The Morgan fingerprint density at radius 3 is 2.05 bits per heavy atom. The average molecular weight is 272 g/mol. The van der Waals surface area contributed by atoms with E-state index in [9.17, 15) is 9.59 Å². The highest BCUT2D eigenvalue weighted by Crippen LogP contribution is 2.24. The Hall–Kier alpha value is -1.26. The molecule has 0 aliphatic rings. The molecule has 5 heteroatoms. The van der Waals surface area contributed by atoms with E-state index in [0.29, 0.717) is 18.9 Å². The normalized spacial score (nSPS) is 14.9. The van der Waals surface area contributed by atoms with E-state index in [-0.39, 0.29) is 11.3 Å². The molecule has 0 bridgehead atoms. The van der Waals surface area contributed by atoms with Gasteiger partial charge in [0.25, 0.3) is 0 Å². The fourth-order valence-corrected chi connectivity index (χ4v) is 1.45. The monoisotopic (exact) mass is 272 g/mol. The number of hydrogen-bond acceptors (Lipinski definition) is 2. The summed E-state index contributed by atoms with van der Waals surface area (Å²) in [5.41, 5.74) is 0.109. The predicted molar refractivity (Wildman–Crippen MR) is 76.0 cm³/mol. The van der Waals surface area contributed by atoms with Crippen molar-refractivity contribution in [1.82, 2.24) is 10.6 Å². The minimum Gasteiger partial charge on any atom is -0.480 e. The summed E-state index contributed by atoms with van der Waals surface area (Å²) in [4.78, 5) is 22.7. The van der Waals surface area contributed by atoms with Crippen molar-refractivity contribution in [3.8, 4) is 0 Å². The number of aliphatic carboxylic acids is 1. The topological polar surface area (TPSA) is 78.4 Å². The maximum Gasteiger partial charge on any atom is 0.326 e. The highest BCUT2D eigenvalue weighted by atomic mass is 16.4. The van der Waals surface area contributed by atoms with Gasteiger partial charge in [-0.1, -0.05) is 41.5 Å². The van der Waals surface area contributed by atoms with Crippen molar-refractivity contribution >= 4 is 12.0 Å². The molecule has 2 atom stereocenters. The Morgan fingerprint density at radius 1 is 1.16 bits per heavy atom. The van der Waals surface area contributed by atoms with E-state index in [2.05, 4.69) is 38.3 Å². The van der Waals surface area contributed by atoms with Gasteiger partial charge in [-0.05, 0) is 23.7 Å². The molecule has 0 aliphatic heterocycles. The zero-order valence-electron chi connectivity index (χ0n) is 12.9. The standard InChI is InChI=1S/C14H28N2O3/c1-9(2)7-11(12(17)18)16-13(19)15-8-10(3)14(4,5)6/h9-11H,7-8H2,1-6H3,(H,17,18)(H2,15,16,19). The third kappa shape index (κ3) is 7.70. The molecule has 0 aliphatic carbocycles. The molecule has 2 unspecified atom stereocenters. The summed E-state index contributed by atoms with van der Waals surface area (Å²) >= 11 is 0. The van der Waals surface area contributed by atoms with Gasteiger partial charge in [0.1, 0.15) is 6.04 Å². The van der Waals surface area contributed by atoms with Crippen molar-refractivity contribution in [3.05, 3.63) is 0 Å². The van der Waals surface area contributed by atoms with E-state index in [1.54, 1.807) is 0 Å². The zero-order valence-corrected chi connectivity index (χ0v) is 12.9. The highest BCUT2D eigenvalue weighted by molar-refractivity contribution is 5.82. The lowest BCUT2D eigenvalue weighted by Crippen LogP contribution is -2.48. The lowest BCUT2D eigenvalue weighted by atomic mass is 9.82. The molecule has 0 aromatic carbocycles. The van der Waals surface area contributed by atoms with E-state index in [1.807, 2.05) is 13.8 Å². The van der Waals surface area contributed by atoms with E-state index in [0.717, 1.165) is 0 Å². The Bertz CT molecular complexity index is 308. The number of carboxylic acids is 1. The molecule has 0 radical (unpaired) electrons. The van der Waals surface area contributed by atoms with Crippen LogP contribution in [0.3, 0.4) is 0 Å². The first-order chi connectivity index (χ1) is 8.54. The third-order valence-electron chi connectivity index (χ3n) is 3.36. The summed E-state index contributed by atoms with van der Waals surface area (Å²) in [6.45, 7) is 12.8. The summed E-state index contributed by atoms with van der Waals surface area (Å²) in [6, 6.07) is -1.24. The maximum absolute atomic E-state index is 11.7. The van der Waals surface area contributed by atoms with Gasteiger partial charge >= 0.3 is 12.0 Å². The van der Waals surface area contributed by atoms with Crippen LogP contribution in [0.1, 0.15) is 48.0 Å². The minimum absolute atomic E-state index is 0.109. The third-order valence-corrected chi connectivity index (χ3v) is 3.36. The van der Waals surface area contributed by atoms with E-state index >= 15 is 0 Å². The number of carbonyl (C=O) groups is 2. The van der Waals surface area contributed by atoms with Crippen molar-refractivity contribution in [2.24, 2.45) is 17.3 Å². The molecule has 0 aromatic rings. The van der Waals surface area contributed by atoms with Crippen LogP contribution >= 0.6 is 0 Å². The van der Waals surface area contributed by atoms with Crippen LogP contribution < -0.4 is 10.6 Å². The van der Waals surface area contributed by atoms with Crippen molar-refractivity contribution < 1.29 is 14.7 Å². The van der Waals surface area contributed by atoms with Crippen molar-refractivity contribution in [2.75, 3.05) is 6.54 Å². The highest BCUT2D eigenvalue weighted by Gasteiger charge is 2.23. The van der Waals surface area contributed by atoms with Crippen LogP contribution in [-0.2, 0) is 4.79 Å². The van der Waals surface area contributed by atoms with E-state index in [4.69, 9.17) is 5.11 Å². The molecule has 0 saturated carbocycles. The molecule has 3 N–H and O–H groups in total. The van der Waals surface area contributed by atoms with Gasteiger partial charge in [-0.3, -0.25) is 0 Å². The molecule has 5 nitrogen and oxygen atoms in total. The molecule has 0 spiro atoms. The second-order valence-electron chi connectivity index (χ2n) is 6.64. The minimum atomic E-state index is -0.993. The fraction of sp³-hybridized carbons (Fsp3) is 0.857. The van der Waals surface area contributed by atoms with E-state index < -0.39 is 18.0 Å². The molecule has 0 fully saturated rings.